The van der Waals surface area contributed by atoms with E-state index in [2.05, 4.69) is 10.3 Å². The molecule has 1 aromatic carbocycles. The molecule has 0 aliphatic rings. The summed E-state index contributed by atoms with van der Waals surface area (Å²) in [6, 6.07) is 13.0. The predicted molar refractivity (Wildman–Crippen MR) is 86.7 cm³/mol. The molecule has 0 aliphatic carbocycles. The number of nitrogen functional groups attached to an aromatic ring is 1. The third-order valence-corrected chi connectivity index (χ3v) is 4.29. The Morgan fingerprint density at radius 1 is 1.29 bits per heavy atom. The number of benzene rings is 1. The molecule has 3 rings (SSSR count). The van der Waals surface area contributed by atoms with Gasteiger partial charge >= 0.3 is 0 Å². The van der Waals surface area contributed by atoms with Crippen LogP contribution in [-0.4, -0.2) is 10.9 Å². The van der Waals surface area contributed by atoms with Crippen molar-refractivity contribution in [2.75, 3.05) is 5.73 Å². The summed E-state index contributed by atoms with van der Waals surface area (Å²) >= 11 is 7.29. The van der Waals surface area contributed by atoms with E-state index in [1.54, 1.807) is 12.1 Å². The van der Waals surface area contributed by atoms with Gasteiger partial charge in [-0.2, -0.15) is 0 Å². The number of carbonyl (C=O) groups is 1. The Balaban J connectivity index is 1.81. The normalized spacial score (nSPS) is 10.7. The second-order valence-electron chi connectivity index (χ2n) is 4.50. The average Bonchev–Trinajstić information content (AvgIpc) is 2.90. The first-order valence-electron chi connectivity index (χ1n) is 6.31. The Morgan fingerprint density at radius 3 is 2.86 bits per heavy atom. The number of amides is 1. The van der Waals surface area contributed by atoms with Crippen molar-refractivity contribution in [3.63, 3.8) is 0 Å². The van der Waals surface area contributed by atoms with Crippen molar-refractivity contribution in [1.29, 1.82) is 0 Å². The van der Waals surface area contributed by atoms with Crippen LogP contribution in [0.25, 0.3) is 10.8 Å². The lowest BCUT2D eigenvalue weighted by Gasteiger charge is -2.06. The van der Waals surface area contributed by atoms with Gasteiger partial charge in [-0.05, 0) is 23.6 Å². The summed E-state index contributed by atoms with van der Waals surface area (Å²) in [6.07, 6.45) is 0. The van der Waals surface area contributed by atoms with E-state index in [1.165, 1.54) is 11.3 Å². The van der Waals surface area contributed by atoms with Gasteiger partial charge in [0.25, 0.3) is 5.91 Å². The lowest BCUT2D eigenvalue weighted by Crippen LogP contribution is -2.23. The van der Waals surface area contributed by atoms with Crippen molar-refractivity contribution in [3.05, 3.63) is 57.4 Å². The molecule has 3 N–H and O–H groups in total. The molecule has 1 amide bonds. The van der Waals surface area contributed by atoms with Gasteiger partial charge < -0.3 is 11.1 Å². The van der Waals surface area contributed by atoms with Gasteiger partial charge in [-0.3, -0.25) is 4.79 Å². The zero-order valence-corrected chi connectivity index (χ0v) is 12.5. The topological polar surface area (TPSA) is 68.0 Å². The van der Waals surface area contributed by atoms with Crippen LogP contribution in [0, 0.1) is 0 Å². The predicted octanol–water partition coefficient (Wildman–Crippen LogP) is 3.46. The molecular weight excluding hydrogens is 306 g/mol. The second kappa shape index (κ2) is 5.71. The highest BCUT2D eigenvalue weighted by Crippen LogP contribution is 2.22. The number of carbonyl (C=O) groups excluding carboxylic acids is 1. The number of rotatable bonds is 3. The van der Waals surface area contributed by atoms with Crippen molar-refractivity contribution >= 4 is 45.4 Å². The Hall–Kier alpha value is -2.11. The molecule has 0 aliphatic heterocycles. The number of nitrogens with two attached hydrogens (primary N) is 1. The van der Waals surface area contributed by atoms with E-state index in [4.69, 9.17) is 17.3 Å². The number of aromatic nitrogens is 1. The van der Waals surface area contributed by atoms with Crippen molar-refractivity contribution in [2.45, 2.75) is 6.54 Å². The minimum Gasteiger partial charge on any atom is -0.383 e. The quantitative estimate of drug-likeness (QED) is 0.777. The zero-order valence-electron chi connectivity index (χ0n) is 11.0. The fourth-order valence-corrected chi connectivity index (χ4v) is 3.07. The summed E-state index contributed by atoms with van der Waals surface area (Å²) in [5.41, 5.74) is 6.21. The fraction of sp³-hybridized carbons (Fsp3) is 0.0667. The summed E-state index contributed by atoms with van der Waals surface area (Å²) in [4.78, 5) is 17.3. The number of fused-ring (bicyclic) bond motifs is 1. The van der Waals surface area contributed by atoms with Crippen molar-refractivity contribution < 1.29 is 4.79 Å². The molecule has 0 fully saturated rings. The summed E-state index contributed by atoms with van der Waals surface area (Å²) in [6.45, 7) is 0.421. The molecule has 21 heavy (non-hydrogen) atoms. The van der Waals surface area contributed by atoms with Crippen molar-refractivity contribution in [1.82, 2.24) is 10.3 Å². The summed E-state index contributed by atoms with van der Waals surface area (Å²) < 4.78 is 0.701. The average molecular weight is 318 g/mol. The molecule has 0 saturated heterocycles. The maximum Gasteiger partial charge on any atom is 0.270 e. The number of pyridine rings is 1. The molecule has 0 unspecified atom stereocenters. The van der Waals surface area contributed by atoms with Crippen LogP contribution in [0.15, 0.2) is 42.5 Å². The molecule has 0 bridgehead atoms. The Bertz CT molecular complexity index is 816. The molecule has 6 heteroatoms. The maximum atomic E-state index is 12.2. The first kappa shape index (κ1) is 13.9. The summed E-state index contributed by atoms with van der Waals surface area (Å²) in [5.74, 6) is 0.106. The lowest BCUT2D eigenvalue weighted by molar-refractivity contribution is 0.0946. The third-order valence-electron chi connectivity index (χ3n) is 3.05. The molecular formula is C15H12ClN3OS. The first-order chi connectivity index (χ1) is 10.1. The number of anilines is 1. The first-order valence-corrected chi connectivity index (χ1v) is 7.50. The van der Waals surface area contributed by atoms with E-state index >= 15 is 0 Å². The van der Waals surface area contributed by atoms with Crippen molar-refractivity contribution in [2.24, 2.45) is 0 Å². The molecule has 2 aromatic heterocycles. The lowest BCUT2D eigenvalue weighted by atomic mass is 10.1. The molecule has 0 saturated carbocycles. The monoisotopic (exact) mass is 317 g/mol. The van der Waals surface area contributed by atoms with E-state index in [1.807, 2.05) is 30.3 Å². The molecule has 4 nitrogen and oxygen atoms in total. The van der Waals surface area contributed by atoms with Gasteiger partial charge in [0.05, 0.1) is 10.9 Å². The van der Waals surface area contributed by atoms with Crippen LogP contribution in [-0.2, 0) is 6.54 Å². The van der Waals surface area contributed by atoms with Crippen molar-refractivity contribution in [3.8, 4) is 0 Å². The number of nitrogens with zero attached hydrogens (tertiary/aromatic N) is 1. The van der Waals surface area contributed by atoms with Gasteiger partial charge in [-0.1, -0.05) is 35.9 Å². The highest BCUT2D eigenvalue weighted by molar-refractivity contribution is 7.16. The molecule has 0 atom stereocenters. The fourth-order valence-electron chi connectivity index (χ4n) is 2.05. The molecule has 2 heterocycles. The summed E-state index contributed by atoms with van der Waals surface area (Å²) in [7, 11) is 0. The minimum atomic E-state index is -0.253. The van der Waals surface area contributed by atoms with Crippen LogP contribution in [0.3, 0.4) is 0 Å². The van der Waals surface area contributed by atoms with Crippen LogP contribution in [0.5, 0.6) is 0 Å². The second-order valence-corrected chi connectivity index (χ2v) is 6.30. The number of hydrogen-bond donors (Lipinski definition) is 2. The van der Waals surface area contributed by atoms with Gasteiger partial charge in [-0.15, -0.1) is 11.3 Å². The van der Waals surface area contributed by atoms with E-state index in [9.17, 15) is 4.79 Å². The Kier molecular flexibility index (Phi) is 3.77. The number of thiophene rings is 1. The van der Waals surface area contributed by atoms with Crippen LogP contribution in [0.4, 0.5) is 5.82 Å². The van der Waals surface area contributed by atoms with Crippen LogP contribution in [0.1, 0.15) is 15.4 Å². The number of halogens is 1. The highest BCUT2D eigenvalue weighted by atomic mass is 35.5. The van der Waals surface area contributed by atoms with E-state index < -0.39 is 0 Å². The minimum absolute atomic E-state index is 0.253. The van der Waals surface area contributed by atoms with E-state index in [-0.39, 0.29) is 5.91 Å². The third kappa shape index (κ3) is 2.99. The number of hydrogen-bond acceptors (Lipinski definition) is 4. The molecule has 0 spiro atoms. The number of nitrogens with one attached hydrogen (secondary N) is 1. The van der Waals surface area contributed by atoms with Crippen LogP contribution in [0.2, 0.25) is 4.34 Å². The molecule has 0 radical (unpaired) electrons. The van der Waals surface area contributed by atoms with Crippen LogP contribution < -0.4 is 11.1 Å². The standard InChI is InChI=1S/C15H12ClN3OS/c16-13-6-5-10(21-13)8-18-15(20)12-7-9-3-1-2-4-11(9)14(17)19-12/h1-7H,8H2,(H2,17,19)(H,18,20). The highest BCUT2D eigenvalue weighted by Gasteiger charge is 2.11. The molecule has 3 aromatic rings. The smallest absolute Gasteiger partial charge is 0.270 e. The van der Waals surface area contributed by atoms with Gasteiger partial charge in [0.2, 0.25) is 0 Å². The van der Waals surface area contributed by atoms with E-state index in [0.717, 1.165) is 15.6 Å². The van der Waals surface area contributed by atoms with Gasteiger partial charge in [0.15, 0.2) is 0 Å². The zero-order chi connectivity index (χ0) is 14.8. The Morgan fingerprint density at radius 2 is 2.10 bits per heavy atom. The summed E-state index contributed by atoms with van der Waals surface area (Å²) in [5, 5.41) is 4.56. The van der Waals surface area contributed by atoms with Gasteiger partial charge in [0.1, 0.15) is 11.5 Å². The Labute approximate surface area is 130 Å². The van der Waals surface area contributed by atoms with Gasteiger partial charge in [0, 0.05) is 10.3 Å². The van der Waals surface area contributed by atoms with Gasteiger partial charge in [-0.25, -0.2) is 4.98 Å². The maximum absolute atomic E-state index is 12.2. The van der Waals surface area contributed by atoms with E-state index in [0.29, 0.717) is 22.4 Å². The SMILES string of the molecule is Nc1nc(C(=O)NCc2ccc(Cl)s2)cc2ccccc12. The van der Waals surface area contributed by atoms with Crippen LogP contribution >= 0.6 is 22.9 Å². The molecule has 106 valence electrons. The largest absolute Gasteiger partial charge is 0.383 e.